The average Bonchev–Trinajstić information content (AvgIpc) is 2.91. The van der Waals surface area contributed by atoms with Crippen LogP contribution in [-0.4, -0.2) is 5.91 Å². The Balaban J connectivity index is 1.83. The quantitative estimate of drug-likeness (QED) is 0.875. The van der Waals surface area contributed by atoms with Gasteiger partial charge in [-0.15, -0.1) is 11.3 Å². The van der Waals surface area contributed by atoms with Crippen LogP contribution in [0.5, 0.6) is 0 Å². The molecule has 0 atom stereocenters. The summed E-state index contributed by atoms with van der Waals surface area (Å²) in [4.78, 5) is 13.7. The number of nitrogens with one attached hydrogen (secondary N) is 1. The van der Waals surface area contributed by atoms with Gasteiger partial charge in [-0.2, -0.15) is 5.26 Å². The van der Waals surface area contributed by atoms with E-state index in [9.17, 15) is 10.1 Å². The smallest absolute Gasteiger partial charge is 0.256 e. The Morgan fingerprint density at radius 2 is 1.91 bits per heavy atom. The average molecular weight is 324 g/mol. The third kappa shape index (κ3) is 3.16. The van der Waals surface area contributed by atoms with Crippen molar-refractivity contribution in [3.63, 3.8) is 0 Å². The molecule has 1 aromatic carbocycles. The number of fused-ring (bicyclic) bond motifs is 1. The molecule has 118 valence electrons. The van der Waals surface area contributed by atoms with Crippen LogP contribution in [0.2, 0.25) is 0 Å². The van der Waals surface area contributed by atoms with E-state index in [0.29, 0.717) is 22.0 Å². The summed E-state index contributed by atoms with van der Waals surface area (Å²) in [5, 5.41) is 13.1. The summed E-state index contributed by atoms with van der Waals surface area (Å²) in [5.41, 5.74) is 3.65. The maximum Gasteiger partial charge on any atom is 0.256 e. The number of rotatable bonds is 3. The Kier molecular flexibility index (Phi) is 4.49. The number of nitrogens with zero attached hydrogens (tertiary/aromatic N) is 1. The van der Waals surface area contributed by atoms with Gasteiger partial charge in [0, 0.05) is 10.4 Å². The molecule has 3 nitrogen and oxygen atoms in total. The molecule has 23 heavy (non-hydrogen) atoms. The van der Waals surface area contributed by atoms with Crippen LogP contribution >= 0.6 is 11.3 Å². The second-order valence-corrected chi connectivity index (χ2v) is 7.36. The first-order valence-corrected chi connectivity index (χ1v) is 8.87. The largest absolute Gasteiger partial charge is 0.312 e. The van der Waals surface area contributed by atoms with Crippen LogP contribution in [-0.2, 0) is 12.8 Å². The fourth-order valence-corrected chi connectivity index (χ4v) is 4.20. The molecule has 4 heteroatoms. The van der Waals surface area contributed by atoms with Crippen LogP contribution in [0, 0.1) is 11.3 Å². The minimum Gasteiger partial charge on any atom is -0.312 e. The van der Waals surface area contributed by atoms with E-state index >= 15 is 0 Å². The van der Waals surface area contributed by atoms with E-state index in [4.69, 9.17) is 0 Å². The number of anilines is 1. The lowest BCUT2D eigenvalue weighted by Gasteiger charge is -2.09. The number of nitriles is 1. The molecule has 1 aliphatic rings. The lowest BCUT2D eigenvalue weighted by atomic mass is 9.96. The van der Waals surface area contributed by atoms with Crippen molar-refractivity contribution in [3.05, 3.63) is 51.4 Å². The first-order valence-electron chi connectivity index (χ1n) is 8.06. The molecular weight excluding hydrogens is 304 g/mol. The van der Waals surface area contributed by atoms with Gasteiger partial charge in [0.15, 0.2) is 0 Å². The van der Waals surface area contributed by atoms with Gasteiger partial charge in [-0.25, -0.2) is 0 Å². The van der Waals surface area contributed by atoms with Crippen molar-refractivity contribution in [2.45, 2.75) is 45.4 Å². The third-order valence-corrected chi connectivity index (χ3v) is 5.56. The molecule has 0 saturated heterocycles. The molecule has 2 aromatic rings. The molecule has 0 bridgehead atoms. The third-order valence-electron chi connectivity index (χ3n) is 4.35. The van der Waals surface area contributed by atoms with Gasteiger partial charge in [0.2, 0.25) is 0 Å². The Morgan fingerprint density at radius 1 is 1.22 bits per heavy atom. The van der Waals surface area contributed by atoms with Crippen molar-refractivity contribution in [1.82, 2.24) is 0 Å². The monoisotopic (exact) mass is 324 g/mol. The predicted molar refractivity (Wildman–Crippen MR) is 94.2 cm³/mol. The lowest BCUT2D eigenvalue weighted by Crippen LogP contribution is -2.12. The molecule has 0 saturated carbocycles. The van der Waals surface area contributed by atoms with Gasteiger partial charge in [0.05, 0.1) is 5.56 Å². The van der Waals surface area contributed by atoms with Gasteiger partial charge < -0.3 is 5.32 Å². The number of thiophene rings is 1. The normalized spacial score (nSPS) is 13.5. The Hall–Kier alpha value is -2.12. The summed E-state index contributed by atoms with van der Waals surface area (Å²) in [5.74, 6) is 0.303. The summed E-state index contributed by atoms with van der Waals surface area (Å²) in [6, 6.07) is 9.96. The van der Waals surface area contributed by atoms with Crippen LogP contribution in [0.25, 0.3) is 0 Å². The first-order chi connectivity index (χ1) is 11.1. The maximum absolute atomic E-state index is 12.5. The zero-order valence-corrected chi connectivity index (χ0v) is 14.3. The van der Waals surface area contributed by atoms with Crippen molar-refractivity contribution in [2.75, 3.05) is 5.32 Å². The van der Waals surface area contributed by atoms with E-state index < -0.39 is 0 Å². The van der Waals surface area contributed by atoms with Crippen molar-refractivity contribution in [2.24, 2.45) is 0 Å². The van der Waals surface area contributed by atoms with Gasteiger partial charge in [-0.3, -0.25) is 4.79 Å². The lowest BCUT2D eigenvalue weighted by molar-refractivity contribution is 0.102. The molecule has 0 unspecified atom stereocenters. The number of hydrogen-bond acceptors (Lipinski definition) is 3. The zero-order chi connectivity index (χ0) is 16.4. The van der Waals surface area contributed by atoms with E-state index in [2.05, 4.69) is 25.2 Å². The minimum absolute atomic E-state index is 0.143. The molecule has 1 heterocycles. The molecule has 1 aliphatic carbocycles. The summed E-state index contributed by atoms with van der Waals surface area (Å²) in [6.07, 6.45) is 4.27. The van der Waals surface area contributed by atoms with Gasteiger partial charge >= 0.3 is 0 Å². The Labute approximate surface area is 141 Å². The fourth-order valence-electron chi connectivity index (χ4n) is 2.97. The van der Waals surface area contributed by atoms with E-state index in [0.717, 1.165) is 24.8 Å². The van der Waals surface area contributed by atoms with E-state index in [1.54, 1.807) is 11.3 Å². The second kappa shape index (κ2) is 6.55. The number of hydrogen-bond donors (Lipinski definition) is 1. The highest BCUT2D eigenvalue weighted by Gasteiger charge is 2.22. The van der Waals surface area contributed by atoms with E-state index in [-0.39, 0.29) is 5.91 Å². The molecule has 0 aliphatic heterocycles. The fraction of sp³-hybridized carbons (Fsp3) is 0.368. The number of carbonyl (C=O) groups excluding carboxylic acids is 1. The van der Waals surface area contributed by atoms with Crippen LogP contribution in [0.3, 0.4) is 0 Å². The van der Waals surface area contributed by atoms with E-state index in [1.165, 1.54) is 16.9 Å². The van der Waals surface area contributed by atoms with E-state index in [1.807, 2.05) is 24.3 Å². The van der Waals surface area contributed by atoms with Crippen molar-refractivity contribution >= 4 is 22.2 Å². The highest BCUT2D eigenvalue weighted by atomic mass is 32.1. The van der Waals surface area contributed by atoms with Crippen LogP contribution < -0.4 is 5.32 Å². The van der Waals surface area contributed by atoms with Crippen LogP contribution in [0.15, 0.2) is 24.3 Å². The number of carbonyl (C=O) groups is 1. The van der Waals surface area contributed by atoms with Gasteiger partial charge in [0.1, 0.15) is 11.1 Å². The first kappa shape index (κ1) is 15.8. The SMILES string of the molecule is CC(C)c1ccc(C(=O)Nc2sc3c(c2C#N)CCCC3)cc1. The van der Waals surface area contributed by atoms with Crippen molar-refractivity contribution < 1.29 is 4.79 Å². The minimum atomic E-state index is -0.143. The number of amides is 1. The Morgan fingerprint density at radius 3 is 2.57 bits per heavy atom. The predicted octanol–water partition coefficient (Wildman–Crippen LogP) is 4.87. The molecule has 1 N–H and O–H groups in total. The molecule has 3 rings (SSSR count). The molecular formula is C19H20N2OS. The molecule has 1 aromatic heterocycles. The van der Waals surface area contributed by atoms with Crippen molar-refractivity contribution in [1.29, 1.82) is 5.26 Å². The topological polar surface area (TPSA) is 52.9 Å². The zero-order valence-electron chi connectivity index (χ0n) is 13.5. The van der Waals surface area contributed by atoms with Gasteiger partial charge in [-0.05, 0) is 54.9 Å². The number of aryl methyl sites for hydroxylation is 1. The summed E-state index contributed by atoms with van der Waals surface area (Å²) in [6.45, 7) is 4.26. The van der Waals surface area contributed by atoms with Crippen LogP contribution in [0.1, 0.15) is 64.5 Å². The highest BCUT2D eigenvalue weighted by molar-refractivity contribution is 7.16. The number of benzene rings is 1. The molecule has 0 radical (unpaired) electrons. The van der Waals surface area contributed by atoms with Crippen LogP contribution in [0.4, 0.5) is 5.00 Å². The Bertz CT molecular complexity index is 766. The molecule has 1 amide bonds. The summed E-state index contributed by atoms with van der Waals surface area (Å²) >= 11 is 1.56. The molecule has 0 fully saturated rings. The maximum atomic E-state index is 12.5. The van der Waals surface area contributed by atoms with Crippen molar-refractivity contribution in [3.8, 4) is 6.07 Å². The van der Waals surface area contributed by atoms with Gasteiger partial charge in [-0.1, -0.05) is 26.0 Å². The molecule has 0 spiro atoms. The summed E-state index contributed by atoms with van der Waals surface area (Å²) < 4.78 is 0. The second-order valence-electron chi connectivity index (χ2n) is 6.26. The standard InChI is InChI=1S/C19H20N2OS/c1-12(2)13-7-9-14(10-8-13)18(22)21-19-16(11-20)15-5-3-4-6-17(15)23-19/h7-10,12H,3-6H2,1-2H3,(H,21,22). The highest BCUT2D eigenvalue weighted by Crippen LogP contribution is 2.37. The summed E-state index contributed by atoms with van der Waals surface area (Å²) in [7, 11) is 0. The van der Waals surface area contributed by atoms with Gasteiger partial charge in [0.25, 0.3) is 5.91 Å².